The molecule has 0 radical (unpaired) electrons. The van der Waals surface area contributed by atoms with Crippen molar-refractivity contribution in [3.05, 3.63) is 0 Å². The van der Waals surface area contributed by atoms with E-state index in [0.717, 1.165) is 0 Å². The van der Waals surface area contributed by atoms with Gasteiger partial charge in [0.15, 0.2) is 0 Å². The highest BCUT2D eigenvalue weighted by atomic mass is 14.6. The van der Waals surface area contributed by atoms with Gasteiger partial charge >= 0.3 is 0 Å². The maximum atomic E-state index is 5.34. The molecule has 0 rings (SSSR count). The van der Waals surface area contributed by atoms with Crippen molar-refractivity contribution >= 4 is 0 Å². The molecule has 58 valence electrons. The van der Waals surface area contributed by atoms with Gasteiger partial charge in [-0.3, -0.25) is 0 Å². The van der Waals surface area contributed by atoms with Crippen molar-refractivity contribution in [3.8, 4) is 0 Å². The van der Waals surface area contributed by atoms with Crippen LogP contribution in [0, 0.1) is 5.41 Å². The molecule has 0 aromatic heterocycles. The molecule has 0 aliphatic carbocycles. The Morgan fingerprint density at radius 2 is 1.22 bits per heavy atom. The normalized spacial score (nSPS) is 10.0. The Balaban J connectivity index is 0. The molecule has 0 bridgehead atoms. The first-order chi connectivity index (χ1) is 4.12. The summed E-state index contributed by atoms with van der Waals surface area (Å²) in [7, 11) is 0. The van der Waals surface area contributed by atoms with E-state index < -0.39 is 0 Å². The minimum absolute atomic E-state index is 0.139. The van der Waals surface area contributed by atoms with Crippen molar-refractivity contribution in [3.63, 3.8) is 0 Å². The zero-order valence-corrected chi connectivity index (χ0v) is 7.07. The van der Waals surface area contributed by atoms with Crippen molar-refractivity contribution in [1.82, 2.24) is 0 Å². The van der Waals surface area contributed by atoms with E-state index in [-0.39, 0.29) is 5.41 Å². The SMILES string of the molecule is CC.CC(C)(CN)CN. The third-order valence-electron chi connectivity index (χ3n) is 1.11. The van der Waals surface area contributed by atoms with Crippen LogP contribution in [0.5, 0.6) is 0 Å². The molecule has 0 unspecified atom stereocenters. The molecule has 0 heterocycles. The van der Waals surface area contributed by atoms with Crippen LogP contribution in [-0.4, -0.2) is 13.1 Å². The van der Waals surface area contributed by atoms with Gasteiger partial charge in [0.25, 0.3) is 0 Å². The monoisotopic (exact) mass is 132 g/mol. The Bertz CT molecular complexity index is 44.9. The summed E-state index contributed by atoms with van der Waals surface area (Å²) in [5, 5.41) is 0. The molecule has 0 fully saturated rings. The topological polar surface area (TPSA) is 52.0 Å². The first-order valence-electron chi connectivity index (χ1n) is 3.52. The van der Waals surface area contributed by atoms with Crippen LogP contribution in [0.2, 0.25) is 0 Å². The molecular weight excluding hydrogens is 112 g/mol. The zero-order valence-electron chi connectivity index (χ0n) is 7.07. The van der Waals surface area contributed by atoms with Gasteiger partial charge in [0.1, 0.15) is 0 Å². The van der Waals surface area contributed by atoms with Gasteiger partial charge in [-0.2, -0.15) is 0 Å². The Morgan fingerprint density at radius 3 is 1.22 bits per heavy atom. The molecule has 0 aliphatic rings. The molecule has 9 heavy (non-hydrogen) atoms. The average molecular weight is 132 g/mol. The molecule has 0 saturated heterocycles. The highest BCUT2D eigenvalue weighted by Gasteiger charge is 2.10. The highest BCUT2D eigenvalue weighted by Crippen LogP contribution is 2.07. The quantitative estimate of drug-likeness (QED) is 0.588. The fourth-order valence-electron chi connectivity index (χ4n) is 0.0833. The van der Waals surface area contributed by atoms with Gasteiger partial charge in [-0.1, -0.05) is 27.7 Å². The summed E-state index contributed by atoms with van der Waals surface area (Å²) in [5.41, 5.74) is 10.8. The first kappa shape index (κ1) is 11.7. The molecule has 0 saturated carbocycles. The van der Waals surface area contributed by atoms with Gasteiger partial charge in [0.2, 0.25) is 0 Å². The van der Waals surface area contributed by atoms with Crippen LogP contribution in [-0.2, 0) is 0 Å². The molecule has 2 heteroatoms. The lowest BCUT2D eigenvalue weighted by molar-refractivity contribution is 0.393. The molecule has 0 amide bonds. The lowest BCUT2D eigenvalue weighted by atomic mass is 9.95. The predicted octanol–water partition coefficient (Wildman–Crippen LogP) is 0.956. The van der Waals surface area contributed by atoms with E-state index in [4.69, 9.17) is 11.5 Å². The number of nitrogens with two attached hydrogens (primary N) is 2. The summed E-state index contributed by atoms with van der Waals surface area (Å²) < 4.78 is 0. The third kappa shape index (κ3) is 7.92. The lowest BCUT2D eigenvalue weighted by Crippen LogP contribution is -2.31. The van der Waals surface area contributed by atoms with E-state index in [1.807, 2.05) is 27.7 Å². The van der Waals surface area contributed by atoms with Crippen LogP contribution < -0.4 is 11.5 Å². The third-order valence-corrected chi connectivity index (χ3v) is 1.11. The van der Waals surface area contributed by atoms with E-state index in [9.17, 15) is 0 Å². The summed E-state index contributed by atoms with van der Waals surface area (Å²) in [6.45, 7) is 9.44. The standard InChI is InChI=1S/C5H14N2.C2H6/c1-5(2,3-6)4-7;1-2/h3-4,6-7H2,1-2H3;1-2H3. The predicted molar refractivity (Wildman–Crippen MR) is 43.2 cm³/mol. The highest BCUT2D eigenvalue weighted by molar-refractivity contribution is 4.68. The van der Waals surface area contributed by atoms with E-state index in [1.165, 1.54) is 0 Å². The van der Waals surface area contributed by atoms with Gasteiger partial charge in [0, 0.05) is 0 Å². The fraction of sp³-hybridized carbons (Fsp3) is 1.00. The van der Waals surface area contributed by atoms with Gasteiger partial charge in [-0.05, 0) is 18.5 Å². The second kappa shape index (κ2) is 6.05. The summed E-state index contributed by atoms with van der Waals surface area (Å²) in [4.78, 5) is 0. The second-order valence-electron chi connectivity index (χ2n) is 2.57. The molecule has 2 nitrogen and oxygen atoms in total. The molecular formula is C7H20N2. The van der Waals surface area contributed by atoms with Crippen molar-refractivity contribution in [2.45, 2.75) is 27.7 Å². The van der Waals surface area contributed by atoms with E-state index in [0.29, 0.717) is 13.1 Å². The average Bonchev–Trinajstić information content (AvgIpc) is 1.93. The zero-order chi connectivity index (χ0) is 7.91. The smallest absolute Gasteiger partial charge is 0.00138 e. The Labute approximate surface area is 58.6 Å². The summed E-state index contributed by atoms with van der Waals surface area (Å²) in [6, 6.07) is 0. The summed E-state index contributed by atoms with van der Waals surface area (Å²) in [6.07, 6.45) is 0. The van der Waals surface area contributed by atoms with Gasteiger partial charge in [0.05, 0.1) is 0 Å². The van der Waals surface area contributed by atoms with E-state index in [2.05, 4.69) is 0 Å². The van der Waals surface area contributed by atoms with Crippen LogP contribution in [0.3, 0.4) is 0 Å². The van der Waals surface area contributed by atoms with Crippen LogP contribution in [0.1, 0.15) is 27.7 Å². The maximum absolute atomic E-state index is 5.34. The summed E-state index contributed by atoms with van der Waals surface area (Å²) in [5.74, 6) is 0. The second-order valence-corrected chi connectivity index (χ2v) is 2.57. The van der Waals surface area contributed by atoms with Crippen LogP contribution in [0.25, 0.3) is 0 Å². The molecule has 0 aliphatic heterocycles. The number of rotatable bonds is 2. The van der Waals surface area contributed by atoms with Crippen molar-refractivity contribution in [2.75, 3.05) is 13.1 Å². The molecule has 0 aromatic carbocycles. The minimum atomic E-state index is 0.139. The van der Waals surface area contributed by atoms with Crippen LogP contribution >= 0.6 is 0 Å². The van der Waals surface area contributed by atoms with Gasteiger partial charge in [-0.25, -0.2) is 0 Å². The summed E-state index contributed by atoms with van der Waals surface area (Å²) >= 11 is 0. The van der Waals surface area contributed by atoms with Crippen LogP contribution in [0.15, 0.2) is 0 Å². The lowest BCUT2D eigenvalue weighted by Gasteiger charge is -2.18. The number of hydrogen-bond acceptors (Lipinski definition) is 2. The first-order valence-corrected chi connectivity index (χ1v) is 3.52. The molecule has 0 atom stereocenters. The molecule has 4 N–H and O–H groups in total. The van der Waals surface area contributed by atoms with Gasteiger partial charge < -0.3 is 11.5 Å². The maximum Gasteiger partial charge on any atom is -0.00138 e. The van der Waals surface area contributed by atoms with Crippen LogP contribution in [0.4, 0.5) is 0 Å². The van der Waals surface area contributed by atoms with Crippen molar-refractivity contribution in [1.29, 1.82) is 0 Å². The van der Waals surface area contributed by atoms with Crippen molar-refractivity contribution < 1.29 is 0 Å². The molecule has 0 aromatic rings. The molecule has 0 spiro atoms. The Morgan fingerprint density at radius 1 is 1.00 bits per heavy atom. The Hall–Kier alpha value is -0.0800. The van der Waals surface area contributed by atoms with Gasteiger partial charge in [-0.15, -0.1) is 0 Å². The minimum Gasteiger partial charge on any atom is -0.330 e. The largest absolute Gasteiger partial charge is 0.330 e. The Kier molecular flexibility index (Phi) is 7.85. The van der Waals surface area contributed by atoms with E-state index in [1.54, 1.807) is 0 Å². The van der Waals surface area contributed by atoms with E-state index >= 15 is 0 Å². The van der Waals surface area contributed by atoms with Crippen molar-refractivity contribution in [2.24, 2.45) is 16.9 Å². The number of hydrogen-bond donors (Lipinski definition) is 2. The fourth-order valence-corrected chi connectivity index (χ4v) is 0.0833.